The van der Waals surface area contributed by atoms with Crippen molar-refractivity contribution >= 4 is 17.5 Å². The number of nitrogens with zero attached hydrogens (tertiary/aromatic N) is 2. The molecule has 1 saturated heterocycles. The lowest BCUT2D eigenvalue weighted by atomic mass is 9.71. The zero-order valence-corrected chi connectivity index (χ0v) is 14.3. The standard InChI is InChI=1S/C20H19FN2O3/c1-12(25)22-10-17-19(15-4-2-3-5-16(15)22)18(11-24)23(17)20(26)13-6-8-14(21)9-7-13/h2-9,17-19,24H,10-11H2,1H3/t17-,18+,19+/m0/s1. The number of hydrogen-bond acceptors (Lipinski definition) is 3. The SMILES string of the molecule is CC(=O)N1C[C@H]2[C@@H](c3ccccc31)[C@@H](CO)N2C(=O)c1ccc(F)cc1. The minimum atomic E-state index is -0.406. The van der Waals surface area contributed by atoms with Gasteiger partial charge in [0.15, 0.2) is 0 Å². The Hall–Kier alpha value is -2.73. The Balaban J connectivity index is 1.71. The van der Waals surface area contributed by atoms with Gasteiger partial charge in [-0.2, -0.15) is 0 Å². The number of aliphatic hydroxyl groups excluding tert-OH is 1. The molecule has 2 aromatic carbocycles. The van der Waals surface area contributed by atoms with Crippen molar-refractivity contribution in [2.45, 2.75) is 24.9 Å². The number of hydrogen-bond donors (Lipinski definition) is 1. The van der Waals surface area contributed by atoms with Crippen LogP contribution in [0.25, 0.3) is 0 Å². The molecule has 1 N–H and O–H groups in total. The molecular weight excluding hydrogens is 335 g/mol. The Kier molecular flexibility index (Phi) is 4.00. The lowest BCUT2D eigenvalue weighted by Crippen LogP contribution is -2.70. The van der Waals surface area contributed by atoms with Crippen LogP contribution >= 0.6 is 0 Å². The van der Waals surface area contributed by atoms with E-state index < -0.39 is 5.82 Å². The highest BCUT2D eigenvalue weighted by Crippen LogP contribution is 2.48. The van der Waals surface area contributed by atoms with Crippen LogP contribution in [0, 0.1) is 5.82 Å². The van der Waals surface area contributed by atoms with E-state index in [4.69, 9.17) is 0 Å². The van der Waals surface area contributed by atoms with Crippen LogP contribution in [0.15, 0.2) is 48.5 Å². The van der Waals surface area contributed by atoms with E-state index in [1.807, 2.05) is 24.3 Å². The second-order valence-corrected chi connectivity index (χ2v) is 6.75. The number of carbonyl (C=O) groups is 2. The van der Waals surface area contributed by atoms with E-state index in [0.29, 0.717) is 12.1 Å². The highest BCUT2D eigenvalue weighted by molar-refractivity contribution is 5.97. The zero-order chi connectivity index (χ0) is 18.4. The molecule has 26 heavy (non-hydrogen) atoms. The summed E-state index contributed by atoms with van der Waals surface area (Å²) >= 11 is 0. The third kappa shape index (κ3) is 2.41. The van der Waals surface area contributed by atoms with Crippen molar-refractivity contribution in [2.75, 3.05) is 18.1 Å². The molecule has 0 bridgehead atoms. The van der Waals surface area contributed by atoms with Crippen molar-refractivity contribution in [1.82, 2.24) is 4.90 Å². The molecule has 2 amide bonds. The highest BCUT2D eigenvalue weighted by Gasteiger charge is 2.55. The maximum absolute atomic E-state index is 13.2. The van der Waals surface area contributed by atoms with Gasteiger partial charge in [0.05, 0.1) is 18.7 Å². The van der Waals surface area contributed by atoms with E-state index in [0.717, 1.165) is 11.3 Å². The number of benzene rings is 2. The van der Waals surface area contributed by atoms with E-state index in [2.05, 4.69) is 0 Å². The summed E-state index contributed by atoms with van der Waals surface area (Å²) < 4.78 is 13.2. The number of halogens is 1. The van der Waals surface area contributed by atoms with Gasteiger partial charge in [0.25, 0.3) is 5.91 Å². The van der Waals surface area contributed by atoms with Crippen LogP contribution in [0.3, 0.4) is 0 Å². The maximum Gasteiger partial charge on any atom is 0.254 e. The van der Waals surface area contributed by atoms with E-state index in [1.54, 1.807) is 9.80 Å². The molecular formula is C20H19FN2O3. The summed E-state index contributed by atoms with van der Waals surface area (Å²) in [6.45, 7) is 1.73. The molecule has 0 spiro atoms. The first-order chi connectivity index (χ1) is 12.5. The zero-order valence-electron chi connectivity index (χ0n) is 14.3. The molecule has 3 atom stereocenters. The first kappa shape index (κ1) is 16.7. The van der Waals surface area contributed by atoms with Crippen molar-refractivity contribution < 1.29 is 19.1 Å². The van der Waals surface area contributed by atoms with Crippen molar-refractivity contribution in [3.63, 3.8) is 0 Å². The van der Waals surface area contributed by atoms with Gasteiger partial charge >= 0.3 is 0 Å². The molecule has 6 heteroatoms. The molecule has 2 aliphatic heterocycles. The van der Waals surface area contributed by atoms with Crippen molar-refractivity contribution in [3.8, 4) is 0 Å². The van der Waals surface area contributed by atoms with Gasteiger partial charge in [-0.3, -0.25) is 9.59 Å². The van der Waals surface area contributed by atoms with Gasteiger partial charge in [0.1, 0.15) is 5.82 Å². The quantitative estimate of drug-likeness (QED) is 0.899. The molecule has 0 saturated carbocycles. The molecule has 0 aromatic heterocycles. The van der Waals surface area contributed by atoms with E-state index in [9.17, 15) is 19.1 Å². The molecule has 2 aromatic rings. The number of carbonyl (C=O) groups excluding carboxylic acids is 2. The van der Waals surface area contributed by atoms with Crippen LogP contribution in [-0.2, 0) is 4.79 Å². The summed E-state index contributed by atoms with van der Waals surface area (Å²) in [5.41, 5.74) is 2.19. The van der Waals surface area contributed by atoms with Gasteiger partial charge in [0.2, 0.25) is 5.91 Å². The Morgan fingerprint density at radius 3 is 2.50 bits per heavy atom. The molecule has 4 rings (SSSR count). The van der Waals surface area contributed by atoms with Gasteiger partial charge in [-0.25, -0.2) is 4.39 Å². The van der Waals surface area contributed by atoms with Gasteiger partial charge in [-0.15, -0.1) is 0 Å². The Morgan fingerprint density at radius 1 is 1.15 bits per heavy atom. The van der Waals surface area contributed by atoms with Crippen LogP contribution in [0.2, 0.25) is 0 Å². The summed E-state index contributed by atoms with van der Waals surface area (Å²) in [5, 5.41) is 9.90. The maximum atomic E-state index is 13.2. The average Bonchev–Trinajstić information content (AvgIpc) is 2.62. The fraction of sp³-hybridized carbons (Fsp3) is 0.300. The molecule has 2 heterocycles. The number of anilines is 1. The molecule has 0 unspecified atom stereocenters. The second-order valence-electron chi connectivity index (χ2n) is 6.75. The van der Waals surface area contributed by atoms with E-state index >= 15 is 0 Å². The van der Waals surface area contributed by atoms with Crippen LogP contribution in [-0.4, -0.2) is 47.1 Å². The fourth-order valence-corrected chi connectivity index (χ4v) is 4.21. The molecule has 0 radical (unpaired) electrons. The first-order valence-electron chi connectivity index (χ1n) is 8.59. The van der Waals surface area contributed by atoms with E-state index in [-0.39, 0.29) is 36.4 Å². The molecule has 0 aliphatic carbocycles. The molecule has 1 fully saturated rings. The number of amides is 2. The smallest absolute Gasteiger partial charge is 0.254 e. The number of aliphatic hydroxyl groups is 1. The minimum absolute atomic E-state index is 0.0174. The van der Waals surface area contributed by atoms with Crippen molar-refractivity contribution in [2.24, 2.45) is 0 Å². The number of fused-ring (bicyclic) bond motifs is 3. The largest absolute Gasteiger partial charge is 0.394 e. The first-order valence-corrected chi connectivity index (χ1v) is 8.59. The Bertz CT molecular complexity index is 868. The normalized spacial score (nSPS) is 23.7. The number of likely N-dealkylation sites (tertiary alicyclic amines) is 1. The van der Waals surface area contributed by atoms with Crippen LogP contribution in [0.1, 0.15) is 28.8 Å². The van der Waals surface area contributed by atoms with Gasteiger partial charge in [0, 0.05) is 30.6 Å². The van der Waals surface area contributed by atoms with Gasteiger partial charge < -0.3 is 14.9 Å². The minimum Gasteiger partial charge on any atom is -0.394 e. The Labute approximate surface area is 150 Å². The lowest BCUT2D eigenvalue weighted by molar-refractivity contribution is -0.117. The fourth-order valence-electron chi connectivity index (χ4n) is 4.21. The summed E-state index contributed by atoms with van der Waals surface area (Å²) in [5.74, 6) is -0.766. The average molecular weight is 354 g/mol. The summed E-state index contributed by atoms with van der Waals surface area (Å²) in [6, 6.07) is 12.4. The Morgan fingerprint density at radius 2 is 1.85 bits per heavy atom. The monoisotopic (exact) mass is 354 g/mol. The third-order valence-corrected chi connectivity index (χ3v) is 5.39. The lowest BCUT2D eigenvalue weighted by Gasteiger charge is -2.58. The summed E-state index contributed by atoms with van der Waals surface area (Å²) in [4.78, 5) is 28.3. The molecule has 5 nitrogen and oxygen atoms in total. The predicted octanol–water partition coefficient (Wildman–Crippen LogP) is 2.16. The van der Waals surface area contributed by atoms with Crippen molar-refractivity contribution in [3.05, 3.63) is 65.5 Å². The molecule has 134 valence electrons. The van der Waals surface area contributed by atoms with E-state index in [1.165, 1.54) is 31.2 Å². The highest BCUT2D eigenvalue weighted by atomic mass is 19.1. The summed E-state index contributed by atoms with van der Waals surface area (Å²) in [7, 11) is 0. The topological polar surface area (TPSA) is 60.9 Å². The van der Waals surface area contributed by atoms with Crippen LogP contribution in [0.5, 0.6) is 0 Å². The van der Waals surface area contributed by atoms with Gasteiger partial charge in [-0.1, -0.05) is 18.2 Å². The number of rotatable bonds is 2. The summed E-state index contributed by atoms with van der Waals surface area (Å²) in [6.07, 6.45) is 0. The number of para-hydroxylation sites is 1. The third-order valence-electron chi connectivity index (χ3n) is 5.39. The second kappa shape index (κ2) is 6.21. The van der Waals surface area contributed by atoms with Gasteiger partial charge in [-0.05, 0) is 35.9 Å². The van der Waals surface area contributed by atoms with Crippen LogP contribution < -0.4 is 4.90 Å². The van der Waals surface area contributed by atoms with Crippen molar-refractivity contribution in [1.29, 1.82) is 0 Å². The van der Waals surface area contributed by atoms with Crippen LogP contribution in [0.4, 0.5) is 10.1 Å². The predicted molar refractivity (Wildman–Crippen MR) is 94.4 cm³/mol. The molecule has 2 aliphatic rings.